The van der Waals surface area contributed by atoms with Gasteiger partial charge in [-0.05, 0) is 93.1 Å². The number of hydrogen-bond acceptors (Lipinski definition) is 3. The summed E-state index contributed by atoms with van der Waals surface area (Å²) in [5.74, 6) is 3.53. The summed E-state index contributed by atoms with van der Waals surface area (Å²) in [6.07, 6.45) is 8.45. The summed E-state index contributed by atoms with van der Waals surface area (Å²) >= 11 is 0. The zero-order valence-corrected chi connectivity index (χ0v) is 18.6. The molecule has 1 aromatic rings. The van der Waals surface area contributed by atoms with Crippen LogP contribution in [0.3, 0.4) is 0 Å². The lowest BCUT2D eigenvalue weighted by Gasteiger charge is -2.51. The lowest BCUT2D eigenvalue weighted by atomic mass is 9.59. The van der Waals surface area contributed by atoms with Crippen molar-refractivity contribution in [2.45, 2.75) is 82.0 Å². The van der Waals surface area contributed by atoms with Gasteiger partial charge in [0.25, 0.3) is 0 Å². The summed E-state index contributed by atoms with van der Waals surface area (Å²) in [6, 6.07) is 11.1. The second kappa shape index (κ2) is 7.40. The van der Waals surface area contributed by atoms with E-state index < -0.39 is 5.60 Å². The Balaban J connectivity index is 1.08. The summed E-state index contributed by atoms with van der Waals surface area (Å²) in [7, 11) is 0. The molecule has 0 spiro atoms. The molecule has 5 aliphatic rings. The minimum Gasteiger partial charge on any atom is -0.493 e. The molecule has 31 heavy (non-hydrogen) atoms. The van der Waals surface area contributed by atoms with E-state index in [2.05, 4.69) is 17.1 Å². The van der Waals surface area contributed by atoms with Gasteiger partial charge in [0, 0.05) is 18.1 Å². The monoisotopic (exact) mass is 424 g/mol. The largest absolute Gasteiger partial charge is 0.493 e. The number of nitrogens with one attached hydrogen (secondary N) is 1. The normalized spacial score (nSPS) is 45.0. The maximum Gasteiger partial charge on any atom is 0.318 e. The smallest absolute Gasteiger partial charge is 0.318 e. The van der Waals surface area contributed by atoms with E-state index in [0.29, 0.717) is 41.7 Å². The van der Waals surface area contributed by atoms with E-state index in [-0.39, 0.29) is 12.1 Å². The van der Waals surface area contributed by atoms with Crippen LogP contribution in [0, 0.1) is 29.6 Å². The topological polar surface area (TPSA) is 61.8 Å². The predicted octanol–water partition coefficient (Wildman–Crippen LogP) is 4.20. The molecule has 5 unspecified atom stereocenters. The van der Waals surface area contributed by atoms with Gasteiger partial charge in [0.05, 0.1) is 12.2 Å². The number of hydrogen-bond donors (Lipinski definition) is 2. The number of aliphatic hydroxyl groups is 1. The molecule has 3 aliphatic carbocycles. The van der Waals surface area contributed by atoms with Gasteiger partial charge in [0.1, 0.15) is 5.75 Å². The number of urea groups is 1. The molecular weight excluding hydrogens is 388 g/mol. The van der Waals surface area contributed by atoms with Crippen LogP contribution in [0.15, 0.2) is 30.3 Å². The van der Waals surface area contributed by atoms with Gasteiger partial charge in [0.2, 0.25) is 0 Å². The van der Waals surface area contributed by atoms with Crippen molar-refractivity contribution in [2.24, 2.45) is 29.6 Å². The Bertz CT molecular complexity index is 817. The van der Waals surface area contributed by atoms with Crippen LogP contribution in [0.4, 0.5) is 4.79 Å². The van der Waals surface area contributed by atoms with Crippen LogP contribution < -0.4 is 10.1 Å². The molecule has 3 saturated carbocycles. The highest BCUT2D eigenvalue weighted by molar-refractivity contribution is 5.76. The Kier molecular flexibility index (Phi) is 4.75. The van der Waals surface area contributed by atoms with Gasteiger partial charge in [-0.3, -0.25) is 0 Å². The van der Waals surface area contributed by atoms with E-state index in [4.69, 9.17) is 4.74 Å². The summed E-state index contributed by atoms with van der Waals surface area (Å²) in [6.45, 7) is 2.98. The van der Waals surface area contributed by atoms with Crippen molar-refractivity contribution in [3.63, 3.8) is 0 Å². The average molecular weight is 425 g/mol. The molecule has 2 amide bonds. The molecule has 9 atom stereocenters. The maximum absolute atomic E-state index is 13.4. The van der Waals surface area contributed by atoms with Crippen LogP contribution in [0.25, 0.3) is 0 Å². The first-order valence-corrected chi connectivity index (χ1v) is 12.5. The number of amides is 2. The predicted molar refractivity (Wildman–Crippen MR) is 119 cm³/mol. The molecule has 2 aliphatic heterocycles. The highest BCUT2D eigenvalue weighted by Gasteiger charge is 2.61. The molecule has 2 heterocycles. The summed E-state index contributed by atoms with van der Waals surface area (Å²) in [5.41, 5.74) is -0.450. The summed E-state index contributed by atoms with van der Waals surface area (Å²) in [4.78, 5) is 15.6. The zero-order valence-electron chi connectivity index (χ0n) is 18.6. The van der Waals surface area contributed by atoms with Gasteiger partial charge < -0.3 is 20.1 Å². The van der Waals surface area contributed by atoms with Crippen LogP contribution in [-0.2, 0) is 0 Å². The average Bonchev–Trinajstić information content (AvgIpc) is 3.23. The Labute approximate surface area is 185 Å². The molecule has 0 radical (unpaired) electrons. The van der Waals surface area contributed by atoms with Crippen LogP contribution in [0.1, 0.15) is 58.3 Å². The maximum atomic E-state index is 13.4. The zero-order chi connectivity index (χ0) is 21.2. The number of fused-ring (bicyclic) bond motifs is 3. The number of carbonyl (C=O) groups is 1. The number of para-hydroxylation sites is 1. The third-order valence-electron chi connectivity index (χ3n) is 9.42. The molecule has 1 aromatic carbocycles. The first kappa shape index (κ1) is 19.9. The number of nitrogens with zero attached hydrogens (tertiary/aromatic N) is 1. The molecule has 4 bridgehead atoms. The van der Waals surface area contributed by atoms with Crippen LogP contribution >= 0.6 is 0 Å². The molecular formula is C26H36N2O3. The molecule has 5 heteroatoms. The van der Waals surface area contributed by atoms with Gasteiger partial charge in [-0.1, -0.05) is 25.1 Å². The van der Waals surface area contributed by atoms with Crippen molar-refractivity contribution in [3.05, 3.63) is 30.3 Å². The van der Waals surface area contributed by atoms with Gasteiger partial charge in [0.15, 0.2) is 0 Å². The standard InChI is InChI=1S/C26H36N2O3/c1-16-13-26(30)14-19-11-18(12-23(19)26)24(16)27-25(29)28-20-7-8-21(28)10-17(9-20)15-31-22-5-3-2-4-6-22/h2-6,16-21,23-24,30H,7-15H2,1H3,(H,27,29)/t16?,17?,18?,19?,20-,21+,23?,24-,26+/m1/s1. The highest BCUT2D eigenvalue weighted by atomic mass is 16.5. The van der Waals surface area contributed by atoms with Crippen molar-refractivity contribution in [1.29, 1.82) is 0 Å². The van der Waals surface area contributed by atoms with Crippen molar-refractivity contribution in [2.75, 3.05) is 6.61 Å². The van der Waals surface area contributed by atoms with Crippen molar-refractivity contribution in [3.8, 4) is 5.75 Å². The van der Waals surface area contributed by atoms with Gasteiger partial charge in [-0.2, -0.15) is 0 Å². The van der Waals surface area contributed by atoms with Gasteiger partial charge >= 0.3 is 6.03 Å². The number of rotatable bonds is 4. The van der Waals surface area contributed by atoms with Crippen molar-refractivity contribution in [1.82, 2.24) is 10.2 Å². The van der Waals surface area contributed by atoms with Crippen LogP contribution in [0.5, 0.6) is 5.75 Å². The lowest BCUT2D eigenvalue weighted by Crippen LogP contribution is -2.57. The minimum atomic E-state index is -0.450. The van der Waals surface area contributed by atoms with Gasteiger partial charge in [-0.25, -0.2) is 4.79 Å². The van der Waals surface area contributed by atoms with E-state index in [1.54, 1.807) is 0 Å². The molecule has 168 valence electrons. The summed E-state index contributed by atoms with van der Waals surface area (Å²) in [5, 5.41) is 14.5. The van der Waals surface area contributed by atoms with E-state index in [0.717, 1.165) is 57.3 Å². The SMILES string of the molecule is CC1C[C@]2(O)CC3CC(CC32)[C@@H]1NC(=O)N1[C@@H]2CC[C@H]1CC(COc1ccccc1)C2. The third kappa shape index (κ3) is 3.35. The number of carbonyl (C=O) groups excluding carboxylic acids is 1. The number of benzene rings is 1. The number of piperidine rings is 1. The molecule has 2 saturated heterocycles. The van der Waals surface area contributed by atoms with E-state index in [1.807, 2.05) is 30.3 Å². The second-order valence-electron chi connectivity index (χ2n) is 11.3. The minimum absolute atomic E-state index is 0.151. The summed E-state index contributed by atoms with van der Waals surface area (Å²) < 4.78 is 6.03. The Hall–Kier alpha value is -1.75. The Morgan fingerprint density at radius 3 is 2.58 bits per heavy atom. The fourth-order valence-corrected chi connectivity index (χ4v) is 8.14. The fourth-order valence-electron chi connectivity index (χ4n) is 8.14. The first-order chi connectivity index (χ1) is 15.0. The molecule has 6 rings (SSSR count). The lowest BCUT2D eigenvalue weighted by molar-refractivity contribution is -0.138. The number of ether oxygens (including phenoxy) is 1. The van der Waals surface area contributed by atoms with Gasteiger partial charge in [-0.15, -0.1) is 0 Å². The fraction of sp³-hybridized carbons (Fsp3) is 0.731. The van der Waals surface area contributed by atoms with Crippen molar-refractivity contribution >= 4 is 6.03 Å². The molecule has 0 aromatic heterocycles. The quantitative estimate of drug-likeness (QED) is 0.761. The van der Waals surface area contributed by atoms with Crippen LogP contribution in [-0.4, -0.2) is 46.4 Å². The van der Waals surface area contributed by atoms with Crippen molar-refractivity contribution < 1.29 is 14.6 Å². The van der Waals surface area contributed by atoms with E-state index >= 15 is 0 Å². The molecule has 2 N–H and O–H groups in total. The van der Waals surface area contributed by atoms with Crippen LogP contribution in [0.2, 0.25) is 0 Å². The molecule has 5 fully saturated rings. The van der Waals surface area contributed by atoms with E-state index in [1.165, 1.54) is 6.42 Å². The Morgan fingerprint density at radius 1 is 1.10 bits per heavy atom. The highest BCUT2D eigenvalue weighted by Crippen LogP contribution is 2.61. The third-order valence-corrected chi connectivity index (χ3v) is 9.42. The molecule has 5 nitrogen and oxygen atoms in total. The first-order valence-electron chi connectivity index (χ1n) is 12.5. The second-order valence-corrected chi connectivity index (χ2v) is 11.3. The Morgan fingerprint density at radius 2 is 1.84 bits per heavy atom. The van der Waals surface area contributed by atoms with E-state index in [9.17, 15) is 9.90 Å².